The van der Waals surface area contributed by atoms with Crippen LogP contribution in [0.3, 0.4) is 0 Å². The molecule has 0 radical (unpaired) electrons. The molecule has 0 spiro atoms. The topological polar surface area (TPSA) is 58.1 Å². The molecule has 1 aliphatic heterocycles. The molecule has 7 heteroatoms. The van der Waals surface area contributed by atoms with Crippen molar-refractivity contribution in [3.8, 4) is 11.3 Å². The van der Waals surface area contributed by atoms with E-state index in [0.29, 0.717) is 11.3 Å². The first kappa shape index (κ1) is 19.0. The van der Waals surface area contributed by atoms with E-state index in [1.807, 2.05) is 12.1 Å². The van der Waals surface area contributed by atoms with Crippen LogP contribution in [0.5, 0.6) is 0 Å². The summed E-state index contributed by atoms with van der Waals surface area (Å²) in [6, 6.07) is 13.6. The molecular formula is C22H20F2N4O. The van der Waals surface area contributed by atoms with Crippen LogP contribution in [0.25, 0.3) is 11.3 Å². The fourth-order valence-corrected chi connectivity index (χ4v) is 3.39. The van der Waals surface area contributed by atoms with Crippen LogP contribution in [0.4, 0.5) is 20.3 Å². The van der Waals surface area contributed by atoms with E-state index in [2.05, 4.69) is 20.4 Å². The zero-order valence-electron chi connectivity index (χ0n) is 15.7. The third kappa shape index (κ3) is 4.56. The van der Waals surface area contributed by atoms with Crippen LogP contribution in [0.1, 0.15) is 29.6 Å². The smallest absolute Gasteiger partial charge is 0.255 e. The average Bonchev–Trinajstić information content (AvgIpc) is 2.74. The number of carbonyl (C=O) groups excluding carboxylic acids is 1. The summed E-state index contributed by atoms with van der Waals surface area (Å²) in [5.74, 6) is -1.07. The molecule has 1 fully saturated rings. The lowest BCUT2D eigenvalue weighted by molar-refractivity contribution is 0.102. The molecule has 2 aromatic carbocycles. The number of aromatic nitrogens is 2. The van der Waals surface area contributed by atoms with E-state index < -0.39 is 17.5 Å². The number of benzene rings is 2. The van der Waals surface area contributed by atoms with Crippen molar-refractivity contribution in [3.05, 3.63) is 71.8 Å². The number of hydrogen-bond donors (Lipinski definition) is 1. The van der Waals surface area contributed by atoms with E-state index in [1.165, 1.54) is 19.3 Å². The summed E-state index contributed by atoms with van der Waals surface area (Å²) in [4.78, 5) is 14.6. The molecular weight excluding hydrogens is 374 g/mol. The lowest BCUT2D eigenvalue weighted by Gasteiger charge is -2.27. The SMILES string of the molecule is O=C(Nc1cc(F)cc(F)c1)c1ccc(-c2ccc(N3CCCCC3)nn2)cc1. The van der Waals surface area contributed by atoms with Gasteiger partial charge in [-0.05, 0) is 55.7 Å². The average molecular weight is 394 g/mol. The largest absolute Gasteiger partial charge is 0.355 e. The van der Waals surface area contributed by atoms with E-state index in [0.717, 1.165) is 42.7 Å². The van der Waals surface area contributed by atoms with Gasteiger partial charge in [-0.15, -0.1) is 10.2 Å². The van der Waals surface area contributed by atoms with Crippen LogP contribution >= 0.6 is 0 Å². The van der Waals surface area contributed by atoms with Crippen molar-refractivity contribution in [1.29, 1.82) is 0 Å². The zero-order chi connectivity index (χ0) is 20.2. The zero-order valence-corrected chi connectivity index (χ0v) is 15.7. The van der Waals surface area contributed by atoms with Gasteiger partial charge in [-0.3, -0.25) is 4.79 Å². The molecule has 2 heterocycles. The second-order valence-electron chi connectivity index (χ2n) is 7.01. The number of piperidine rings is 1. The van der Waals surface area contributed by atoms with Gasteiger partial charge in [0.05, 0.1) is 5.69 Å². The van der Waals surface area contributed by atoms with E-state index in [9.17, 15) is 13.6 Å². The summed E-state index contributed by atoms with van der Waals surface area (Å²) in [6.45, 7) is 2.01. The maximum atomic E-state index is 13.3. The standard InChI is InChI=1S/C22H20F2N4O/c23-17-12-18(24)14-19(13-17)25-22(29)16-6-4-15(5-7-16)20-8-9-21(27-26-20)28-10-2-1-3-11-28/h4-9,12-14H,1-3,10-11H2,(H,25,29). The highest BCUT2D eigenvalue weighted by molar-refractivity contribution is 6.04. The maximum Gasteiger partial charge on any atom is 0.255 e. The van der Waals surface area contributed by atoms with Crippen molar-refractivity contribution in [2.75, 3.05) is 23.3 Å². The number of rotatable bonds is 4. The van der Waals surface area contributed by atoms with Gasteiger partial charge in [0.2, 0.25) is 0 Å². The molecule has 148 valence electrons. The van der Waals surface area contributed by atoms with Crippen LogP contribution in [-0.2, 0) is 0 Å². The van der Waals surface area contributed by atoms with Gasteiger partial charge in [0.15, 0.2) is 5.82 Å². The Morgan fingerprint density at radius 2 is 1.55 bits per heavy atom. The molecule has 1 amide bonds. The lowest BCUT2D eigenvalue weighted by Crippen LogP contribution is -2.30. The van der Waals surface area contributed by atoms with Crippen LogP contribution in [0.2, 0.25) is 0 Å². The van der Waals surface area contributed by atoms with Crippen LogP contribution in [-0.4, -0.2) is 29.2 Å². The van der Waals surface area contributed by atoms with Gasteiger partial charge in [0.25, 0.3) is 5.91 Å². The normalized spacial score (nSPS) is 13.9. The Bertz CT molecular complexity index is 980. The molecule has 0 saturated carbocycles. The third-order valence-corrected chi connectivity index (χ3v) is 4.89. The van der Waals surface area contributed by atoms with Crippen molar-refractivity contribution >= 4 is 17.4 Å². The third-order valence-electron chi connectivity index (χ3n) is 4.89. The summed E-state index contributed by atoms with van der Waals surface area (Å²) in [5.41, 5.74) is 1.98. The Balaban J connectivity index is 1.45. The lowest BCUT2D eigenvalue weighted by atomic mass is 10.1. The van der Waals surface area contributed by atoms with Crippen LogP contribution < -0.4 is 10.2 Å². The number of halogens is 2. The molecule has 5 nitrogen and oxygen atoms in total. The molecule has 0 atom stereocenters. The first-order chi connectivity index (χ1) is 14.1. The summed E-state index contributed by atoms with van der Waals surface area (Å²) in [6.07, 6.45) is 3.61. The molecule has 29 heavy (non-hydrogen) atoms. The minimum Gasteiger partial charge on any atom is -0.355 e. The second-order valence-corrected chi connectivity index (χ2v) is 7.01. The van der Waals surface area contributed by atoms with Gasteiger partial charge in [0.1, 0.15) is 11.6 Å². The number of nitrogens with one attached hydrogen (secondary N) is 1. The van der Waals surface area contributed by atoms with Crippen molar-refractivity contribution < 1.29 is 13.6 Å². The number of anilines is 2. The highest BCUT2D eigenvalue weighted by Gasteiger charge is 2.13. The quantitative estimate of drug-likeness (QED) is 0.699. The highest BCUT2D eigenvalue weighted by atomic mass is 19.1. The fraction of sp³-hybridized carbons (Fsp3) is 0.227. The Labute approximate surface area is 167 Å². The monoisotopic (exact) mass is 394 g/mol. The summed E-state index contributed by atoms with van der Waals surface area (Å²) in [5, 5.41) is 11.1. The van der Waals surface area contributed by atoms with Gasteiger partial charge < -0.3 is 10.2 Å². The summed E-state index contributed by atoms with van der Waals surface area (Å²) < 4.78 is 26.5. The number of hydrogen-bond acceptors (Lipinski definition) is 4. The first-order valence-electron chi connectivity index (χ1n) is 9.55. The van der Waals surface area contributed by atoms with Crippen molar-refractivity contribution in [3.63, 3.8) is 0 Å². The molecule has 4 rings (SSSR count). The van der Waals surface area contributed by atoms with Crippen molar-refractivity contribution in [2.45, 2.75) is 19.3 Å². The molecule has 1 N–H and O–H groups in total. The van der Waals surface area contributed by atoms with E-state index in [4.69, 9.17) is 0 Å². The van der Waals surface area contributed by atoms with Gasteiger partial charge in [0, 0.05) is 36.0 Å². The Kier molecular flexibility index (Phi) is 5.46. The predicted octanol–water partition coefficient (Wildman–Crippen LogP) is 4.66. The fourth-order valence-electron chi connectivity index (χ4n) is 3.39. The molecule has 0 unspecified atom stereocenters. The second kappa shape index (κ2) is 8.34. The van der Waals surface area contributed by atoms with E-state index >= 15 is 0 Å². The number of amides is 1. The molecule has 3 aromatic rings. The number of carbonyl (C=O) groups is 1. The Morgan fingerprint density at radius 3 is 2.17 bits per heavy atom. The Morgan fingerprint density at radius 1 is 0.862 bits per heavy atom. The van der Waals surface area contributed by atoms with Gasteiger partial charge >= 0.3 is 0 Å². The number of nitrogens with zero attached hydrogens (tertiary/aromatic N) is 3. The molecule has 0 bridgehead atoms. The summed E-state index contributed by atoms with van der Waals surface area (Å²) >= 11 is 0. The van der Waals surface area contributed by atoms with Gasteiger partial charge in [-0.1, -0.05) is 12.1 Å². The van der Waals surface area contributed by atoms with Crippen LogP contribution in [0, 0.1) is 11.6 Å². The molecule has 0 aliphatic carbocycles. The van der Waals surface area contributed by atoms with Gasteiger partial charge in [-0.2, -0.15) is 0 Å². The van der Waals surface area contributed by atoms with E-state index in [-0.39, 0.29) is 5.69 Å². The Hall–Kier alpha value is -3.35. The maximum absolute atomic E-state index is 13.3. The minimum atomic E-state index is -0.748. The predicted molar refractivity (Wildman–Crippen MR) is 108 cm³/mol. The summed E-state index contributed by atoms with van der Waals surface area (Å²) in [7, 11) is 0. The van der Waals surface area contributed by atoms with E-state index in [1.54, 1.807) is 24.3 Å². The molecule has 1 aromatic heterocycles. The first-order valence-corrected chi connectivity index (χ1v) is 9.55. The minimum absolute atomic E-state index is 0.0655. The van der Waals surface area contributed by atoms with Gasteiger partial charge in [-0.25, -0.2) is 8.78 Å². The molecule has 1 saturated heterocycles. The van der Waals surface area contributed by atoms with Crippen molar-refractivity contribution in [2.24, 2.45) is 0 Å². The highest BCUT2D eigenvalue weighted by Crippen LogP contribution is 2.22. The molecule has 1 aliphatic rings. The van der Waals surface area contributed by atoms with Crippen LogP contribution in [0.15, 0.2) is 54.6 Å². The van der Waals surface area contributed by atoms with Crippen molar-refractivity contribution in [1.82, 2.24) is 10.2 Å².